The third-order valence-electron chi connectivity index (χ3n) is 6.55. The Morgan fingerprint density at radius 2 is 1.77 bits per heavy atom. The van der Waals surface area contributed by atoms with Crippen LogP contribution >= 0.6 is 11.6 Å². The van der Waals surface area contributed by atoms with Crippen molar-refractivity contribution in [1.29, 1.82) is 0 Å². The summed E-state index contributed by atoms with van der Waals surface area (Å²) in [5, 5.41) is 14.4. The molecule has 14 heteroatoms. The van der Waals surface area contributed by atoms with Crippen LogP contribution in [0.25, 0.3) is 0 Å². The smallest absolute Gasteiger partial charge is 0.273 e. The van der Waals surface area contributed by atoms with Crippen molar-refractivity contribution in [2.24, 2.45) is 0 Å². The van der Waals surface area contributed by atoms with Crippen LogP contribution in [0.5, 0.6) is 5.75 Å². The van der Waals surface area contributed by atoms with Gasteiger partial charge >= 0.3 is 0 Å². The minimum atomic E-state index is -4.68. The van der Waals surface area contributed by atoms with E-state index in [9.17, 15) is 32.5 Å². The first-order valence-corrected chi connectivity index (χ1v) is 14.9. The molecule has 0 aliphatic carbocycles. The number of ether oxygens (including phenoxy) is 1. The summed E-state index contributed by atoms with van der Waals surface area (Å²) in [6.07, 6.45) is 0. The molecule has 3 aromatic rings. The number of rotatable bonds is 12. The summed E-state index contributed by atoms with van der Waals surface area (Å²) in [5.41, 5.74) is -0.237. The molecule has 2 amide bonds. The van der Waals surface area contributed by atoms with E-state index in [0.717, 1.165) is 11.0 Å². The molecule has 0 aliphatic rings. The molecule has 1 atom stereocenters. The lowest BCUT2D eigenvalue weighted by atomic mass is 10.1. The van der Waals surface area contributed by atoms with E-state index < -0.39 is 55.7 Å². The maximum Gasteiger partial charge on any atom is 0.273 e. The van der Waals surface area contributed by atoms with Crippen LogP contribution in [0.2, 0.25) is 5.02 Å². The highest BCUT2D eigenvalue weighted by molar-refractivity contribution is 7.92. The third-order valence-corrected chi connectivity index (χ3v) is 8.54. The van der Waals surface area contributed by atoms with Gasteiger partial charge in [-0.1, -0.05) is 35.9 Å². The summed E-state index contributed by atoms with van der Waals surface area (Å²) in [6.45, 7) is 5.13. The number of amides is 2. The second-order valence-electron chi connectivity index (χ2n) is 9.99. The van der Waals surface area contributed by atoms with Crippen LogP contribution in [0.3, 0.4) is 0 Å². The Hall–Kier alpha value is -4.23. The zero-order chi connectivity index (χ0) is 32.1. The molecule has 0 fully saturated rings. The molecule has 0 bridgehead atoms. The second-order valence-corrected chi connectivity index (χ2v) is 12.3. The van der Waals surface area contributed by atoms with Gasteiger partial charge in [0.25, 0.3) is 15.7 Å². The Kier molecular flexibility index (Phi) is 10.7. The van der Waals surface area contributed by atoms with Gasteiger partial charge in [-0.2, -0.15) is 0 Å². The van der Waals surface area contributed by atoms with E-state index in [-0.39, 0.29) is 40.2 Å². The maximum absolute atomic E-state index is 14.7. The summed E-state index contributed by atoms with van der Waals surface area (Å²) in [6, 6.07) is 11.8. The number of halogens is 2. The van der Waals surface area contributed by atoms with Crippen LogP contribution in [-0.2, 0) is 26.2 Å². The van der Waals surface area contributed by atoms with Gasteiger partial charge in [0.1, 0.15) is 24.2 Å². The second kappa shape index (κ2) is 13.8. The topological polar surface area (TPSA) is 139 Å². The molecule has 0 aromatic heterocycles. The van der Waals surface area contributed by atoms with E-state index in [1.165, 1.54) is 69.5 Å². The molecule has 0 spiro atoms. The van der Waals surface area contributed by atoms with E-state index in [4.69, 9.17) is 16.3 Å². The molecule has 0 aliphatic heterocycles. The summed E-state index contributed by atoms with van der Waals surface area (Å²) in [4.78, 5) is 38.5. The highest BCUT2D eigenvalue weighted by Gasteiger charge is 2.35. The molecule has 0 radical (unpaired) electrons. The Balaban J connectivity index is 2.18. The van der Waals surface area contributed by atoms with Crippen molar-refractivity contribution in [3.05, 3.63) is 92.7 Å². The standard InChI is InChI=1S/C29H32ClFN4O7S/c1-18(2)32-29(37)20(4)33(16-21-8-6-7-9-24(21)31)28(36)17-34(26-14-22(30)11-13-27(26)42-5)43(40,41)23-12-10-19(3)25(15-23)35(38)39/h6-15,18,20H,16-17H2,1-5H3,(H,32,37)/t20-/m1/s1. The Morgan fingerprint density at radius 3 is 2.37 bits per heavy atom. The van der Waals surface area contributed by atoms with Gasteiger partial charge in [0.2, 0.25) is 11.8 Å². The highest BCUT2D eigenvalue weighted by atomic mass is 35.5. The maximum atomic E-state index is 14.7. The number of carbonyl (C=O) groups is 2. The molecule has 43 heavy (non-hydrogen) atoms. The molecule has 11 nitrogen and oxygen atoms in total. The van der Waals surface area contributed by atoms with E-state index in [1.54, 1.807) is 19.9 Å². The fraction of sp³-hybridized carbons (Fsp3) is 0.310. The molecule has 1 N–H and O–H groups in total. The molecule has 0 heterocycles. The summed E-state index contributed by atoms with van der Waals surface area (Å²) >= 11 is 6.21. The average molecular weight is 635 g/mol. The first kappa shape index (κ1) is 33.3. The Labute approximate surface area is 254 Å². The number of nitro benzene ring substituents is 1. The first-order chi connectivity index (χ1) is 20.2. The number of anilines is 1. The van der Waals surface area contributed by atoms with Crippen molar-refractivity contribution < 1.29 is 32.1 Å². The number of sulfonamides is 1. The fourth-order valence-electron chi connectivity index (χ4n) is 4.24. The number of nitrogens with one attached hydrogen (secondary N) is 1. The van der Waals surface area contributed by atoms with Crippen molar-refractivity contribution in [2.45, 2.75) is 51.2 Å². The number of nitrogens with zero attached hydrogens (tertiary/aromatic N) is 3. The van der Waals surface area contributed by atoms with Crippen molar-refractivity contribution in [3.63, 3.8) is 0 Å². The molecule has 0 unspecified atom stereocenters. The van der Waals surface area contributed by atoms with Crippen LogP contribution in [-0.4, -0.2) is 55.8 Å². The number of nitro groups is 1. The van der Waals surface area contributed by atoms with Crippen molar-refractivity contribution in [3.8, 4) is 5.75 Å². The van der Waals surface area contributed by atoms with Crippen LogP contribution < -0.4 is 14.4 Å². The zero-order valence-corrected chi connectivity index (χ0v) is 25.8. The SMILES string of the molecule is COc1ccc(Cl)cc1N(CC(=O)N(Cc1ccccc1F)[C@H](C)C(=O)NC(C)C)S(=O)(=O)c1ccc(C)c([N+](=O)[O-])c1. The van der Waals surface area contributed by atoms with Gasteiger partial charge in [0.05, 0.1) is 22.6 Å². The fourth-order valence-corrected chi connectivity index (χ4v) is 5.85. The van der Waals surface area contributed by atoms with Crippen molar-refractivity contribution in [2.75, 3.05) is 18.0 Å². The van der Waals surface area contributed by atoms with Gasteiger partial charge < -0.3 is 15.0 Å². The number of aryl methyl sites for hydroxylation is 1. The van der Waals surface area contributed by atoms with Crippen LogP contribution in [0.4, 0.5) is 15.8 Å². The van der Waals surface area contributed by atoms with E-state index in [1.807, 2.05) is 0 Å². The van der Waals surface area contributed by atoms with Crippen LogP contribution in [0, 0.1) is 22.9 Å². The highest BCUT2D eigenvalue weighted by Crippen LogP contribution is 2.36. The van der Waals surface area contributed by atoms with E-state index >= 15 is 0 Å². The van der Waals surface area contributed by atoms with E-state index in [0.29, 0.717) is 4.31 Å². The number of hydrogen-bond acceptors (Lipinski definition) is 7. The first-order valence-electron chi connectivity index (χ1n) is 13.1. The third kappa shape index (κ3) is 7.79. The average Bonchev–Trinajstić information content (AvgIpc) is 2.94. The largest absolute Gasteiger partial charge is 0.495 e. The minimum absolute atomic E-state index is 0.0358. The van der Waals surface area contributed by atoms with Crippen molar-refractivity contribution >= 4 is 44.8 Å². The van der Waals surface area contributed by atoms with E-state index in [2.05, 4.69) is 5.32 Å². The summed E-state index contributed by atoms with van der Waals surface area (Å²) < 4.78 is 49.0. The quantitative estimate of drug-likeness (QED) is 0.222. The molecule has 230 valence electrons. The van der Waals surface area contributed by atoms with Crippen LogP contribution in [0.15, 0.2) is 65.6 Å². The van der Waals surface area contributed by atoms with Gasteiger partial charge in [-0.25, -0.2) is 12.8 Å². The zero-order valence-electron chi connectivity index (χ0n) is 24.2. The summed E-state index contributed by atoms with van der Waals surface area (Å²) in [7, 11) is -3.39. The number of carbonyl (C=O) groups excluding carboxylic acids is 2. The molecule has 3 rings (SSSR count). The molecule has 0 saturated carbocycles. The lowest BCUT2D eigenvalue weighted by Crippen LogP contribution is -2.52. The van der Waals surface area contributed by atoms with Gasteiger partial charge in [-0.15, -0.1) is 0 Å². The predicted molar refractivity (Wildman–Crippen MR) is 160 cm³/mol. The monoisotopic (exact) mass is 634 g/mol. The van der Waals surface area contributed by atoms with Crippen molar-refractivity contribution in [1.82, 2.24) is 10.2 Å². The Bertz CT molecular complexity index is 1630. The predicted octanol–water partition coefficient (Wildman–Crippen LogP) is 4.84. The molecule has 0 saturated heterocycles. The molecular weight excluding hydrogens is 603 g/mol. The van der Waals surface area contributed by atoms with Gasteiger partial charge in [-0.05, 0) is 58.0 Å². The lowest BCUT2D eigenvalue weighted by Gasteiger charge is -2.32. The summed E-state index contributed by atoms with van der Waals surface area (Å²) in [5.74, 6) is -1.98. The molecular formula is C29H32ClFN4O7S. The van der Waals surface area contributed by atoms with Gasteiger partial charge in [0.15, 0.2) is 0 Å². The van der Waals surface area contributed by atoms with Gasteiger partial charge in [0, 0.05) is 34.8 Å². The number of methoxy groups -OCH3 is 1. The van der Waals surface area contributed by atoms with Crippen LogP contribution in [0.1, 0.15) is 31.9 Å². The minimum Gasteiger partial charge on any atom is -0.495 e. The number of hydrogen-bond donors (Lipinski definition) is 1. The van der Waals surface area contributed by atoms with Gasteiger partial charge in [-0.3, -0.25) is 24.0 Å². The normalized spacial score (nSPS) is 12.0. The Morgan fingerprint density at radius 1 is 1.09 bits per heavy atom. The molecule has 3 aromatic carbocycles. The lowest BCUT2D eigenvalue weighted by molar-refractivity contribution is -0.385. The number of benzene rings is 3.